The van der Waals surface area contributed by atoms with Crippen LogP contribution < -0.4 is 10.5 Å². The maximum atomic E-state index is 11.9. The predicted octanol–water partition coefficient (Wildman–Crippen LogP) is 3.12. The lowest BCUT2D eigenvalue weighted by Gasteiger charge is -2.32. The van der Waals surface area contributed by atoms with Gasteiger partial charge in [-0.25, -0.2) is 13.1 Å². The molecule has 140 valence electrons. The van der Waals surface area contributed by atoms with Crippen LogP contribution in [0.4, 0.5) is 0 Å². The lowest BCUT2D eigenvalue weighted by atomic mass is 9.76. The molecule has 1 aliphatic carbocycles. The Labute approximate surface area is 156 Å². The first kappa shape index (κ1) is 19.1. The summed E-state index contributed by atoms with van der Waals surface area (Å²) in [5.74, 6) is 0.438. The fourth-order valence-corrected chi connectivity index (χ4v) is 4.81. The molecule has 1 aliphatic rings. The van der Waals surface area contributed by atoms with Crippen LogP contribution >= 0.6 is 0 Å². The summed E-state index contributed by atoms with van der Waals surface area (Å²) in [5.41, 5.74) is 11.4. The molecule has 0 saturated heterocycles. The van der Waals surface area contributed by atoms with Crippen molar-refractivity contribution in [3.8, 4) is 0 Å². The molecule has 1 unspecified atom stereocenters. The molecular formula is C21H28N2O2S. The fourth-order valence-electron chi connectivity index (χ4n) is 3.74. The topological polar surface area (TPSA) is 72.2 Å². The van der Waals surface area contributed by atoms with E-state index >= 15 is 0 Å². The van der Waals surface area contributed by atoms with Gasteiger partial charge in [0.25, 0.3) is 0 Å². The summed E-state index contributed by atoms with van der Waals surface area (Å²) >= 11 is 0. The first-order chi connectivity index (χ1) is 12.5. The Balaban J connectivity index is 1.81. The number of nitrogens with two attached hydrogens (primary N) is 1. The van der Waals surface area contributed by atoms with Crippen molar-refractivity contribution in [3.05, 3.63) is 70.8 Å². The second-order valence-electron chi connectivity index (χ2n) is 7.17. The number of hydrogen-bond acceptors (Lipinski definition) is 3. The highest BCUT2D eigenvalue weighted by atomic mass is 32.2. The highest BCUT2D eigenvalue weighted by Crippen LogP contribution is 2.34. The number of aryl methyl sites for hydroxylation is 1. The van der Waals surface area contributed by atoms with Crippen LogP contribution in [-0.4, -0.2) is 20.2 Å². The number of benzene rings is 2. The van der Waals surface area contributed by atoms with E-state index in [0.717, 1.165) is 24.8 Å². The van der Waals surface area contributed by atoms with Crippen LogP contribution in [-0.2, 0) is 29.4 Å². The Bertz CT molecular complexity index is 834. The maximum Gasteiger partial charge on any atom is 0.211 e. The van der Waals surface area contributed by atoms with Crippen LogP contribution in [0.15, 0.2) is 48.5 Å². The standard InChI is InChI=1S/C21H28N2O2S/c1-2-12-26(24,25)23-15-17-8-9-18-10-11-21(22)20(19(18)14-17)13-16-6-4-3-5-7-16/h3-9,14,20-21,23H,2,10-13,15,22H2,1H3/t20-,21?/m0/s1. The van der Waals surface area contributed by atoms with E-state index in [1.807, 2.05) is 19.1 Å². The minimum atomic E-state index is -3.20. The average molecular weight is 373 g/mol. The molecule has 4 nitrogen and oxygen atoms in total. The predicted molar refractivity (Wildman–Crippen MR) is 107 cm³/mol. The van der Waals surface area contributed by atoms with Gasteiger partial charge in [0, 0.05) is 18.5 Å². The van der Waals surface area contributed by atoms with Crippen LogP contribution in [0.5, 0.6) is 0 Å². The van der Waals surface area contributed by atoms with E-state index < -0.39 is 10.0 Å². The minimum absolute atomic E-state index is 0.134. The van der Waals surface area contributed by atoms with Gasteiger partial charge in [0.15, 0.2) is 0 Å². The van der Waals surface area contributed by atoms with E-state index in [-0.39, 0.29) is 17.7 Å². The van der Waals surface area contributed by atoms with Crippen molar-refractivity contribution in [2.75, 3.05) is 5.75 Å². The van der Waals surface area contributed by atoms with Crippen molar-refractivity contribution in [2.24, 2.45) is 5.73 Å². The zero-order valence-corrected chi connectivity index (χ0v) is 16.1. The van der Waals surface area contributed by atoms with Gasteiger partial charge in [-0.3, -0.25) is 0 Å². The van der Waals surface area contributed by atoms with Crippen molar-refractivity contribution in [1.82, 2.24) is 4.72 Å². The molecule has 0 heterocycles. The normalized spacial score (nSPS) is 19.9. The van der Waals surface area contributed by atoms with E-state index in [1.165, 1.54) is 16.7 Å². The molecule has 5 heteroatoms. The molecule has 3 N–H and O–H groups in total. The summed E-state index contributed by atoms with van der Waals surface area (Å²) in [6.45, 7) is 2.20. The smallest absolute Gasteiger partial charge is 0.211 e. The largest absolute Gasteiger partial charge is 0.327 e. The van der Waals surface area contributed by atoms with E-state index in [4.69, 9.17) is 5.73 Å². The zero-order chi connectivity index (χ0) is 18.6. The summed E-state index contributed by atoms with van der Waals surface area (Å²) in [4.78, 5) is 0. The molecule has 3 rings (SSSR count). The monoisotopic (exact) mass is 372 g/mol. The third kappa shape index (κ3) is 4.72. The van der Waals surface area contributed by atoms with Crippen LogP contribution in [0.3, 0.4) is 0 Å². The number of rotatable bonds is 7. The van der Waals surface area contributed by atoms with Gasteiger partial charge >= 0.3 is 0 Å². The molecule has 0 saturated carbocycles. The quantitative estimate of drug-likeness (QED) is 0.784. The first-order valence-corrected chi connectivity index (χ1v) is 11.0. The lowest BCUT2D eigenvalue weighted by molar-refractivity contribution is 0.467. The van der Waals surface area contributed by atoms with Crippen molar-refractivity contribution in [2.45, 2.75) is 51.1 Å². The summed E-state index contributed by atoms with van der Waals surface area (Å²) in [5, 5.41) is 0. The van der Waals surface area contributed by atoms with Crippen molar-refractivity contribution < 1.29 is 8.42 Å². The molecule has 0 aliphatic heterocycles. The molecule has 2 aromatic carbocycles. The molecule has 0 radical (unpaired) electrons. The van der Waals surface area contributed by atoms with E-state index in [9.17, 15) is 8.42 Å². The molecular weight excluding hydrogens is 344 g/mol. The SMILES string of the molecule is CCCS(=O)(=O)NCc1ccc2c(c1)[C@H](Cc1ccccc1)C(N)CC2. The third-order valence-electron chi connectivity index (χ3n) is 5.14. The van der Waals surface area contributed by atoms with Crippen LogP contribution in [0.1, 0.15) is 47.9 Å². The van der Waals surface area contributed by atoms with Crippen LogP contribution in [0, 0.1) is 0 Å². The zero-order valence-electron chi connectivity index (χ0n) is 15.3. The fraction of sp³-hybridized carbons (Fsp3) is 0.429. The van der Waals surface area contributed by atoms with Gasteiger partial charge in [-0.2, -0.15) is 0 Å². The van der Waals surface area contributed by atoms with Crippen molar-refractivity contribution >= 4 is 10.0 Å². The van der Waals surface area contributed by atoms with Crippen LogP contribution in [0.2, 0.25) is 0 Å². The lowest BCUT2D eigenvalue weighted by Crippen LogP contribution is -2.34. The van der Waals surface area contributed by atoms with Crippen molar-refractivity contribution in [3.63, 3.8) is 0 Å². The van der Waals surface area contributed by atoms with Gasteiger partial charge in [-0.05, 0) is 47.9 Å². The van der Waals surface area contributed by atoms with Crippen LogP contribution in [0.25, 0.3) is 0 Å². The number of nitrogens with one attached hydrogen (secondary N) is 1. The molecule has 0 fully saturated rings. The summed E-state index contributed by atoms with van der Waals surface area (Å²) in [6, 6.07) is 16.9. The van der Waals surface area contributed by atoms with Gasteiger partial charge in [0.1, 0.15) is 0 Å². The Hall–Kier alpha value is -1.69. The second-order valence-corrected chi connectivity index (χ2v) is 9.10. The summed E-state index contributed by atoms with van der Waals surface area (Å²) in [7, 11) is -3.20. The third-order valence-corrected chi connectivity index (χ3v) is 6.67. The first-order valence-electron chi connectivity index (χ1n) is 9.37. The van der Waals surface area contributed by atoms with Gasteiger partial charge in [0.05, 0.1) is 5.75 Å². The number of hydrogen-bond donors (Lipinski definition) is 2. The Morgan fingerprint density at radius 3 is 2.62 bits per heavy atom. The minimum Gasteiger partial charge on any atom is -0.327 e. The highest BCUT2D eigenvalue weighted by molar-refractivity contribution is 7.89. The highest BCUT2D eigenvalue weighted by Gasteiger charge is 2.27. The van der Waals surface area contributed by atoms with E-state index in [0.29, 0.717) is 13.0 Å². The molecule has 26 heavy (non-hydrogen) atoms. The number of fused-ring (bicyclic) bond motifs is 1. The summed E-state index contributed by atoms with van der Waals surface area (Å²) in [6.07, 6.45) is 3.52. The van der Waals surface area contributed by atoms with Crippen molar-refractivity contribution in [1.29, 1.82) is 0 Å². The average Bonchev–Trinajstić information content (AvgIpc) is 2.63. The number of sulfonamides is 1. The molecule has 0 bridgehead atoms. The second kappa shape index (κ2) is 8.33. The van der Waals surface area contributed by atoms with Gasteiger partial charge in [-0.15, -0.1) is 0 Å². The Kier molecular flexibility index (Phi) is 6.12. The van der Waals surface area contributed by atoms with E-state index in [1.54, 1.807) is 0 Å². The molecule has 0 amide bonds. The Morgan fingerprint density at radius 2 is 1.88 bits per heavy atom. The molecule has 2 atom stereocenters. The van der Waals surface area contributed by atoms with Gasteiger partial charge < -0.3 is 5.73 Å². The Morgan fingerprint density at radius 1 is 1.12 bits per heavy atom. The molecule has 0 aromatic heterocycles. The molecule has 2 aromatic rings. The summed E-state index contributed by atoms with van der Waals surface area (Å²) < 4.78 is 26.5. The van der Waals surface area contributed by atoms with Gasteiger partial charge in [0.2, 0.25) is 10.0 Å². The van der Waals surface area contributed by atoms with E-state index in [2.05, 4.69) is 41.1 Å². The van der Waals surface area contributed by atoms with Gasteiger partial charge in [-0.1, -0.05) is 55.5 Å². The molecule has 0 spiro atoms. The maximum absolute atomic E-state index is 11.9.